The van der Waals surface area contributed by atoms with Crippen molar-refractivity contribution in [2.45, 2.75) is 39.4 Å². The van der Waals surface area contributed by atoms with Gasteiger partial charge in [0, 0.05) is 13.0 Å². The number of rotatable bonds is 7. The minimum Gasteiger partial charge on any atom is -0.496 e. The molecule has 0 aliphatic carbocycles. The number of aliphatic hydroxyl groups is 1. The molecule has 0 fully saturated rings. The van der Waals surface area contributed by atoms with E-state index in [1.54, 1.807) is 7.11 Å². The van der Waals surface area contributed by atoms with Crippen LogP contribution in [0.1, 0.15) is 26.3 Å². The zero-order valence-corrected chi connectivity index (χ0v) is 11.7. The quantitative estimate of drug-likeness (QED) is 0.811. The van der Waals surface area contributed by atoms with Crippen molar-refractivity contribution in [3.8, 4) is 5.75 Å². The molecular weight excluding hydrogens is 228 g/mol. The molecule has 1 rings (SSSR count). The number of ether oxygens (including phenoxy) is 2. The standard InChI is InChI=1S/C15H24O3/c1-5-18-15(11(2)3)13(16)10-12-8-6-7-9-14(12)17-4/h6-9,11,13,15-16H,5,10H2,1-4H3. The second kappa shape index (κ2) is 7.39. The van der Waals surface area contributed by atoms with Gasteiger partial charge in [0.05, 0.1) is 19.3 Å². The molecule has 0 spiro atoms. The molecule has 1 aromatic carbocycles. The highest BCUT2D eigenvalue weighted by Gasteiger charge is 2.24. The summed E-state index contributed by atoms with van der Waals surface area (Å²) in [5.74, 6) is 1.10. The predicted octanol–water partition coefficient (Wildman–Crippen LogP) is 2.66. The van der Waals surface area contributed by atoms with Gasteiger partial charge in [-0.1, -0.05) is 32.0 Å². The van der Waals surface area contributed by atoms with Crippen molar-refractivity contribution in [2.75, 3.05) is 13.7 Å². The number of methoxy groups -OCH3 is 1. The lowest BCUT2D eigenvalue weighted by Crippen LogP contribution is -2.35. The summed E-state index contributed by atoms with van der Waals surface area (Å²) in [6, 6.07) is 7.77. The molecule has 1 N–H and O–H groups in total. The summed E-state index contributed by atoms with van der Waals surface area (Å²) < 4.78 is 10.9. The lowest BCUT2D eigenvalue weighted by molar-refractivity contribution is -0.0563. The van der Waals surface area contributed by atoms with Gasteiger partial charge < -0.3 is 14.6 Å². The third kappa shape index (κ3) is 4.00. The Kier molecular flexibility index (Phi) is 6.16. The molecule has 0 heterocycles. The Labute approximate surface area is 110 Å². The first kappa shape index (κ1) is 15.0. The van der Waals surface area contributed by atoms with Gasteiger partial charge in [-0.2, -0.15) is 0 Å². The maximum Gasteiger partial charge on any atom is 0.122 e. The number of hydrogen-bond donors (Lipinski definition) is 1. The second-order valence-corrected chi connectivity index (χ2v) is 4.75. The van der Waals surface area contributed by atoms with E-state index < -0.39 is 6.10 Å². The van der Waals surface area contributed by atoms with Crippen LogP contribution >= 0.6 is 0 Å². The summed E-state index contributed by atoms with van der Waals surface area (Å²) in [5.41, 5.74) is 1.01. The third-order valence-corrected chi connectivity index (χ3v) is 3.02. The van der Waals surface area contributed by atoms with Crippen LogP contribution in [0.5, 0.6) is 5.75 Å². The van der Waals surface area contributed by atoms with Crippen LogP contribution in [0, 0.1) is 5.92 Å². The van der Waals surface area contributed by atoms with Gasteiger partial charge in [-0.25, -0.2) is 0 Å². The van der Waals surface area contributed by atoms with Crippen LogP contribution in [0.25, 0.3) is 0 Å². The van der Waals surface area contributed by atoms with Crippen molar-refractivity contribution < 1.29 is 14.6 Å². The predicted molar refractivity (Wildman–Crippen MR) is 73.0 cm³/mol. The molecule has 18 heavy (non-hydrogen) atoms. The molecule has 2 atom stereocenters. The van der Waals surface area contributed by atoms with E-state index in [2.05, 4.69) is 13.8 Å². The third-order valence-electron chi connectivity index (χ3n) is 3.02. The van der Waals surface area contributed by atoms with Crippen molar-refractivity contribution in [1.29, 1.82) is 0 Å². The maximum atomic E-state index is 10.3. The monoisotopic (exact) mass is 252 g/mol. The van der Waals surface area contributed by atoms with Crippen LogP contribution in [0.15, 0.2) is 24.3 Å². The zero-order chi connectivity index (χ0) is 13.5. The largest absolute Gasteiger partial charge is 0.496 e. The summed E-state index contributed by atoms with van der Waals surface area (Å²) in [6.45, 7) is 6.69. The Bertz CT molecular complexity index is 349. The van der Waals surface area contributed by atoms with Crippen LogP contribution in [-0.2, 0) is 11.2 Å². The Morgan fingerprint density at radius 1 is 1.22 bits per heavy atom. The highest BCUT2D eigenvalue weighted by molar-refractivity contribution is 5.33. The van der Waals surface area contributed by atoms with E-state index in [1.807, 2.05) is 31.2 Å². The number of para-hydroxylation sites is 1. The normalized spacial score (nSPS) is 14.6. The van der Waals surface area contributed by atoms with Crippen LogP contribution in [0.3, 0.4) is 0 Å². The first-order valence-electron chi connectivity index (χ1n) is 6.51. The molecule has 3 heteroatoms. The van der Waals surface area contributed by atoms with E-state index in [0.717, 1.165) is 11.3 Å². The minimum absolute atomic E-state index is 0.139. The van der Waals surface area contributed by atoms with E-state index in [0.29, 0.717) is 13.0 Å². The minimum atomic E-state index is -0.513. The fourth-order valence-corrected chi connectivity index (χ4v) is 2.15. The van der Waals surface area contributed by atoms with Gasteiger partial charge >= 0.3 is 0 Å². The lowest BCUT2D eigenvalue weighted by Gasteiger charge is -2.26. The molecule has 3 nitrogen and oxygen atoms in total. The number of aliphatic hydroxyl groups excluding tert-OH is 1. The van der Waals surface area contributed by atoms with Gasteiger partial charge in [0.2, 0.25) is 0 Å². The van der Waals surface area contributed by atoms with Gasteiger partial charge in [0.1, 0.15) is 5.75 Å². The van der Waals surface area contributed by atoms with Crippen LogP contribution in [0.4, 0.5) is 0 Å². The van der Waals surface area contributed by atoms with E-state index in [-0.39, 0.29) is 12.0 Å². The van der Waals surface area contributed by atoms with Crippen LogP contribution < -0.4 is 4.74 Å². The highest BCUT2D eigenvalue weighted by Crippen LogP contribution is 2.22. The zero-order valence-electron chi connectivity index (χ0n) is 11.7. The molecule has 0 aliphatic rings. The van der Waals surface area contributed by atoms with Crippen molar-refractivity contribution in [3.05, 3.63) is 29.8 Å². The van der Waals surface area contributed by atoms with Gasteiger partial charge in [-0.15, -0.1) is 0 Å². The van der Waals surface area contributed by atoms with Crippen molar-refractivity contribution in [3.63, 3.8) is 0 Å². The lowest BCUT2D eigenvalue weighted by atomic mass is 9.96. The Morgan fingerprint density at radius 3 is 2.44 bits per heavy atom. The summed E-state index contributed by atoms with van der Waals surface area (Å²) >= 11 is 0. The smallest absolute Gasteiger partial charge is 0.122 e. The summed E-state index contributed by atoms with van der Waals surface area (Å²) in [5, 5.41) is 10.3. The molecule has 1 aromatic rings. The molecule has 0 aliphatic heterocycles. The van der Waals surface area contributed by atoms with Gasteiger partial charge in [-0.05, 0) is 24.5 Å². The van der Waals surface area contributed by atoms with E-state index >= 15 is 0 Å². The summed E-state index contributed by atoms with van der Waals surface area (Å²) in [7, 11) is 1.65. The van der Waals surface area contributed by atoms with Crippen molar-refractivity contribution in [1.82, 2.24) is 0 Å². The second-order valence-electron chi connectivity index (χ2n) is 4.75. The van der Waals surface area contributed by atoms with Crippen LogP contribution in [0.2, 0.25) is 0 Å². The van der Waals surface area contributed by atoms with E-state index in [9.17, 15) is 5.11 Å². The fourth-order valence-electron chi connectivity index (χ4n) is 2.15. The average molecular weight is 252 g/mol. The molecular formula is C15H24O3. The van der Waals surface area contributed by atoms with Gasteiger partial charge in [0.25, 0.3) is 0 Å². The highest BCUT2D eigenvalue weighted by atomic mass is 16.5. The first-order chi connectivity index (χ1) is 8.60. The average Bonchev–Trinajstić information content (AvgIpc) is 2.36. The molecule has 0 bridgehead atoms. The molecule has 0 saturated heterocycles. The topological polar surface area (TPSA) is 38.7 Å². The molecule has 0 radical (unpaired) electrons. The molecule has 0 amide bonds. The van der Waals surface area contributed by atoms with E-state index in [4.69, 9.17) is 9.47 Å². The molecule has 2 unspecified atom stereocenters. The maximum absolute atomic E-state index is 10.3. The van der Waals surface area contributed by atoms with Gasteiger partial charge in [-0.3, -0.25) is 0 Å². The SMILES string of the molecule is CCOC(C(C)C)C(O)Cc1ccccc1OC. The Balaban J connectivity index is 2.75. The van der Waals surface area contributed by atoms with E-state index in [1.165, 1.54) is 0 Å². The Morgan fingerprint density at radius 2 is 1.89 bits per heavy atom. The number of hydrogen-bond acceptors (Lipinski definition) is 3. The van der Waals surface area contributed by atoms with Crippen molar-refractivity contribution >= 4 is 0 Å². The van der Waals surface area contributed by atoms with Gasteiger partial charge in [0.15, 0.2) is 0 Å². The molecule has 0 saturated carbocycles. The van der Waals surface area contributed by atoms with Crippen molar-refractivity contribution in [2.24, 2.45) is 5.92 Å². The number of benzene rings is 1. The Hall–Kier alpha value is -1.06. The fraction of sp³-hybridized carbons (Fsp3) is 0.600. The summed E-state index contributed by atoms with van der Waals surface area (Å²) in [6.07, 6.45) is -0.103. The summed E-state index contributed by atoms with van der Waals surface area (Å²) in [4.78, 5) is 0. The molecule has 102 valence electrons. The molecule has 0 aromatic heterocycles. The van der Waals surface area contributed by atoms with Crippen LogP contribution in [-0.4, -0.2) is 31.0 Å². The first-order valence-corrected chi connectivity index (χ1v) is 6.51.